The van der Waals surface area contributed by atoms with Gasteiger partial charge in [-0.05, 0) is 36.4 Å². The largest absolute Gasteiger partial charge is 0.505 e. The second-order valence-electron chi connectivity index (χ2n) is 5.71. The normalized spacial score (nSPS) is 17.0. The molecule has 0 bridgehead atoms. The predicted octanol–water partition coefficient (Wildman–Crippen LogP) is 4.89. The number of alkyl halides is 2. The van der Waals surface area contributed by atoms with E-state index in [0.717, 1.165) is 11.3 Å². The van der Waals surface area contributed by atoms with Crippen LogP contribution in [0.25, 0.3) is 0 Å². The van der Waals surface area contributed by atoms with E-state index in [1.54, 1.807) is 0 Å². The number of hydrogen-bond acceptors (Lipinski definition) is 6. The number of thioether (sulfide) groups is 1. The van der Waals surface area contributed by atoms with E-state index in [-0.39, 0.29) is 37.9 Å². The molecule has 3 rings (SSSR count). The lowest BCUT2D eigenvalue weighted by Gasteiger charge is -2.18. The molecule has 1 aliphatic heterocycles. The summed E-state index contributed by atoms with van der Waals surface area (Å²) in [7, 11) is 0. The van der Waals surface area contributed by atoms with Crippen molar-refractivity contribution in [1.29, 1.82) is 0 Å². The SMILES string of the molecule is CC1=C(CC(=O)O)C2=C(F)C(O)=C(C(=O)c3ccc(SC(F)F)s3)CC2=N1. The van der Waals surface area contributed by atoms with Crippen molar-refractivity contribution in [2.75, 3.05) is 0 Å². The number of carbonyl (C=O) groups is 2. The molecule has 0 radical (unpaired) electrons. The maximum atomic E-state index is 14.7. The van der Waals surface area contributed by atoms with Crippen LogP contribution in [0.2, 0.25) is 0 Å². The Hall–Kier alpha value is -2.33. The molecule has 0 atom stereocenters. The van der Waals surface area contributed by atoms with Crippen molar-refractivity contribution >= 4 is 40.6 Å². The standard InChI is InChI=1S/C17H12F3NO4S2/c1-6-7(5-11(22)23)13-9(21-6)4-8(16(25)14(13)18)15(24)10-2-3-12(26-10)27-17(19)20/h2-3,17,25H,4-5H2,1H3,(H,22,23). The molecule has 0 unspecified atom stereocenters. The number of rotatable bonds is 6. The molecule has 0 saturated carbocycles. The Labute approximate surface area is 159 Å². The minimum atomic E-state index is -2.63. The van der Waals surface area contributed by atoms with Crippen molar-refractivity contribution in [1.82, 2.24) is 0 Å². The number of carboxylic acids is 1. The number of halogens is 3. The molecule has 0 fully saturated rings. The van der Waals surface area contributed by atoms with Crippen molar-refractivity contribution in [2.45, 2.75) is 29.7 Å². The van der Waals surface area contributed by atoms with Crippen molar-refractivity contribution in [3.63, 3.8) is 0 Å². The Morgan fingerprint density at radius 1 is 1.37 bits per heavy atom. The maximum Gasteiger partial charge on any atom is 0.307 e. The second-order valence-corrected chi connectivity index (χ2v) is 8.09. The van der Waals surface area contributed by atoms with Crippen LogP contribution in [0.15, 0.2) is 55.3 Å². The number of ketones is 1. The third-order valence-electron chi connectivity index (χ3n) is 4.00. The molecule has 0 saturated heterocycles. The number of hydrogen-bond donors (Lipinski definition) is 2. The van der Waals surface area contributed by atoms with Gasteiger partial charge in [0, 0.05) is 17.7 Å². The van der Waals surface area contributed by atoms with E-state index in [0.29, 0.717) is 17.5 Å². The van der Waals surface area contributed by atoms with E-state index < -0.39 is 35.5 Å². The highest BCUT2D eigenvalue weighted by molar-refractivity contribution is 8.01. The zero-order valence-corrected chi connectivity index (χ0v) is 15.4. The Morgan fingerprint density at radius 3 is 2.70 bits per heavy atom. The third-order valence-corrected chi connectivity index (χ3v) is 5.96. The number of carbonyl (C=O) groups excluding carboxylic acids is 1. The Bertz CT molecular complexity index is 973. The van der Waals surface area contributed by atoms with Crippen LogP contribution in [0, 0.1) is 0 Å². The lowest BCUT2D eigenvalue weighted by molar-refractivity contribution is -0.136. The fourth-order valence-corrected chi connectivity index (χ4v) is 4.57. The zero-order valence-electron chi connectivity index (χ0n) is 13.8. The van der Waals surface area contributed by atoms with E-state index in [4.69, 9.17) is 5.11 Å². The van der Waals surface area contributed by atoms with Crippen molar-refractivity contribution in [3.8, 4) is 0 Å². The lowest BCUT2D eigenvalue weighted by atomic mass is 9.87. The Balaban J connectivity index is 1.95. The smallest absolute Gasteiger partial charge is 0.307 e. The molecule has 0 amide bonds. The summed E-state index contributed by atoms with van der Waals surface area (Å²) >= 11 is 1.11. The number of thiophene rings is 1. The first-order chi connectivity index (χ1) is 12.7. The van der Waals surface area contributed by atoms with Crippen LogP contribution in [0.5, 0.6) is 0 Å². The molecule has 1 aliphatic carbocycles. The zero-order chi connectivity index (χ0) is 19.9. The van der Waals surface area contributed by atoms with Crippen LogP contribution in [0.1, 0.15) is 29.4 Å². The third kappa shape index (κ3) is 3.72. The molecule has 0 aromatic carbocycles. The fraction of sp³-hybridized carbons (Fsp3) is 0.235. The van der Waals surface area contributed by atoms with E-state index in [1.165, 1.54) is 19.1 Å². The molecule has 0 spiro atoms. The number of carboxylic acid groups (broad SMARTS) is 1. The number of aliphatic carboxylic acids is 1. The maximum absolute atomic E-state index is 14.7. The Kier molecular flexibility index (Phi) is 5.29. The van der Waals surface area contributed by atoms with Gasteiger partial charge in [-0.25, -0.2) is 4.39 Å². The van der Waals surface area contributed by atoms with Crippen LogP contribution < -0.4 is 0 Å². The first-order valence-electron chi connectivity index (χ1n) is 7.60. The van der Waals surface area contributed by atoms with Gasteiger partial charge in [0.1, 0.15) is 0 Å². The number of aliphatic imine (C=N–C) groups is 1. The van der Waals surface area contributed by atoms with E-state index in [2.05, 4.69) is 4.99 Å². The van der Waals surface area contributed by atoms with Crippen LogP contribution >= 0.6 is 23.1 Å². The summed E-state index contributed by atoms with van der Waals surface area (Å²) in [6.07, 6.45) is -0.639. The molecule has 27 heavy (non-hydrogen) atoms. The van der Waals surface area contributed by atoms with Crippen LogP contribution in [-0.4, -0.2) is 33.4 Å². The molecule has 10 heteroatoms. The summed E-state index contributed by atoms with van der Waals surface area (Å²) in [5, 5.41) is 19.2. The van der Waals surface area contributed by atoms with E-state index in [9.17, 15) is 27.9 Å². The molecular formula is C17H12F3NO4S2. The topological polar surface area (TPSA) is 87.0 Å². The minimum absolute atomic E-state index is 0.0880. The lowest BCUT2D eigenvalue weighted by Crippen LogP contribution is -2.18. The van der Waals surface area contributed by atoms with Gasteiger partial charge in [0.25, 0.3) is 5.76 Å². The highest BCUT2D eigenvalue weighted by Gasteiger charge is 2.36. The molecule has 2 heterocycles. The summed E-state index contributed by atoms with van der Waals surface area (Å²) in [6, 6.07) is 2.70. The van der Waals surface area contributed by atoms with E-state index >= 15 is 0 Å². The monoisotopic (exact) mass is 415 g/mol. The van der Waals surface area contributed by atoms with Crippen LogP contribution in [0.4, 0.5) is 13.2 Å². The van der Waals surface area contributed by atoms with Gasteiger partial charge in [0.15, 0.2) is 11.6 Å². The van der Waals surface area contributed by atoms with Gasteiger partial charge in [-0.1, -0.05) is 0 Å². The van der Waals surface area contributed by atoms with Crippen LogP contribution in [0.3, 0.4) is 0 Å². The average Bonchev–Trinajstić information content (AvgIpc) is 3.14. The fourth-order valence-electron chi connectivity index (χ4n) is 2.87. The number of Topliss-reactive ketones (excluding diaryl/α,β-unsaturated/α-hetero) is 1. The van der Waals surface area contributed by atoms with Gasteiger partial charge < -0.3 is 10.2 Å². The molecule has 142 valence electrons. The van der Waals surface area contributed by atoms with Gasteiger partial charge in [0.2, 0.25) is 5.78 Å². The molecule has 5 nitrogen and oxygen atoms in total. The highest BCUT2D eigenvalue weighted by Crippen LogP contribution is 2.41. The summed E-state index contributed by atoms with van der Waals surface area (Å²) in [5.41, 5.74) is 0.297. The van der Waals surface area contributed by atoms with Gasteiger partial charge >= 0.3 is 5.97 Å². The summed E-state index contributed by atoms with van der Waals surface area (Å²) in [4.78, 5) is 27.8. The van der Waals surface area contributed by atoms with Crippen LogP contribution in [-0.2, 0) is 4.79 Å². The molecule has 2 N–H and O–H groups in total. The van der Waals surface area contributed by atoms with Gasteiger partial charge in [-0.2, -0.15) is 8.78 Å². The minimum Gasteiger partial charge on any atom is -0.505 e. The molecular weight excluding hydrogens is 403 g/mol. The van der Waals surface area contributed by atoms with Gasteiger partial charge in [-0.3, -0.25) is 14.6 Å². The first kappa shape index (κ1) is 19.4. The van der Waals surface area contributed by atoms with Gasteiger partial charge in [0.05, 0.1) is 26.8 Å². The number of fused-ring (bicyclic) bond motifs is 1. The van der Waals surface area contributed by atoms with Crippen molar-refractivity contribution in [2.24, 2.45) is 4.99 Å². The molecule has 1 aromatic heterocycles. The number of aliphatic hydroxyl groups excluding tert-OH is 1. The van der Waals surface area contributed by atoms with E-state index in [1.807, 2.05) is 0 Å². The summed E-state index contributed by atoms with van der Waals surface area (Å²) < 4.78 is 39.8. The number of allylic oxidation sites excluding steroid dienone is 4. The van der Waals surface area contributed by atoms with Crippen molar-refractivity contribution < 1.29 is 33.0 Å². The quantitative estimate of drug-likeness (QED) is 0.510. The summed E-state index contributed by atoms with van der Waals surface area (Å²) in [6.45, 7) is 1.52. The molecule has 1 aromatic rings. The number of aliphatic hydroxyl groups is 1. The second kappa shape index (κ2) is 7.35. The summed E-state index contributed by atoms with van der Waals surface area (Å²) in [5.74, 6) is -6.46. The first-order valence-corrected chi connectivity index (χ1v) is 9.30. The Morgan fingerprint density at radius 2 is 2.07 bits per heavy atom. The van der Waals surface area contributed by atoms with Crippen molar-refractivity contribution in [3.05, 3.63) is 51.0 Å². The highest BCUT2D eigenvalue weighted by atomic mass is 32.2. The van der Waals surface area contributed by atoms with Gasteiger partial charge in [-0.15, -0.1) is 11.3 Å². The number of nitrogens with zero attached hydrogens (tertiary/aromatic N) is 1. The molecule has 2 aliphatic rings. The predicted molar refractivity (Wildman–Crippen MR) is 95.3 cm³/mol. The average molecular weight is 415 g/mol.